The minimum Gasteiger partial charge on any atom is -0.365 e. The molecule has 10 heavy (non-hydrogen) atoms. The van der Waals surface area contributed by atoms with E-state index < -0.39 is 0 Å². The molecule has 0 fully saturated rings. The van der Waals surface area contributed by atoms with Gasteiger partial charge in [-0.25, -0.2) is 4.99 Å². The van der Waals surface area contributed by atoms with E-state index in [1.807, 2.05) is 29.6 Å². The fourth-order valence-electron chi connectivity index (χ4n) is 0.886. The average Bonchev–Trinajstić information content (AvgIpc) is 2.05. The van der Waals surface area contributed by atoms with Crippen LogP contribution < -0.4 is 5.32 Å². The molecule has 50 valence electrons. The standard InChI is InChI=1S/C7H7N3/c1-2-9-6-10-4-3-8-5-7(1)10/h1-6,8H. The molecule has 2 aliphatic rings. The van der Waals surface area contributed by atoms with E-state index in [2.05, 4.69) is 10.3 Å². The zero-order valence-corrected chi connectivity index (χ0v) is 5.36. The van der Waals surface area contributed by atoms with E-state index in [9.17, 15) is 0 Å². The Morgan fingerprint density at radius 2 is 2.50 bits per heavy atom. The van der Waals surface area contributed by atoms with Crippen LogP contribution in [0.15, 0.2) is 41.6 Å². The highest BCUT2D eigenvalue weighted by Gasteiger charge is 2.05. The molecule has 0 amide bonds. The fourth-order valence-corrected chi connectivity index (χ4v) is 0.886. The van der Waals surface area contributed by atoms with Crippen LogP contribution in [0, 0.1) is 0 Å². The van der Waals surface area contributed by atoms with Crippen LogP contribution >= 0.6 is 0 Å². The molecule has 0 saturated heterocycles. The van der Waals surface area contributed by atoms with Crippen LogP contribution in [0.25, 0.3) is 0 Å². The Morgan fingerprint density at radius 3 is 3.40 bits per heavy atom. The lowest BCUT2D eigenvalue weighted by Gasteiger charge is -2.20. The lowest BCUT2D eigenvalue weighted by atomic mass is 10.3. The predicted octanol–water partition coefficient (Wildman–Crippen LogP) is 0.760. The van der Waals surface area contributed by atoms with E-state index in [4.69, 9.17) is 0 Å². The van der Waals surface area contributed by atoms with Crippen LogP contribution in [0.4, 0.5) is 0 Å². The van der Waals surface area contributed by atoms with Gasteiger partial charge in [-0.2, -0.15) is 0 Å². The number of allylic oxidation sites excluding steroid dienone is 1. The summed E-state index contributed by atoms with van der Waals surface area (Å²) in [5, 5.41) is 2.99. The second-order valence-electron chi connectivity index (χ2n) is 2.04. The summed E-state index contributed by atoms with van der Waals surface area (Å²) in [6.45, 7) is 0. The molecule has 1 N–H and O–H groups in total. The number of aliphatic imine (C=N–C) groups is 1. The van der Waals surface area contributed by atoms with Gasteiger partial charge in [0.05, 0.1) is 12.0 Å². The van der Waals surface area contributed by atoms with Gasteiger partial charge in [-0.3, -0.25) is 0 Å². The maximum Gasteiger partial charge on any atom is 0.0991 e. The molecular weight excluding hydrogens is 126 g/mol. The van der Waals surface area contributed by atoms with Crippen molar-refractivity contribution < 1.29 is 0 Å². The molecular formula is C7H7N3. The van der Waals surface area contributed by atoms with Crippen LogP contribution in [-0.4, -0.2) is 11.2 Å². The second-order valence-corrected chi connectivity index (χ2v) is 2.04. The van der Waals surface area contributed by atoms with Crippen LogP contribution in [-0.2, 0) is 0 Å². The molecule has 0 aromatic carbocycles. The van der Waals surface area contributed by atoms with Gasteiger partial charge >= 0.3 is 0 Å². The van der Waals surface area contributed by atoms with Crippen molar-refractivity contribution in [3.05, 3.63) is 36.6 Å². The second kappa shape index (κ2) is 2.02. The Morgan fingerprint density at radius 1 is 1.50 bits per heavy atom. The first kappa shape index (κ1) is 5.29. The van der Waals surface area contributed by atoms with Gasteiger partial charge in [-0.1, -0.05) is 0 Å². The van der Waals surface area contributed by atoms with E-state index in [-0.39, 0.29) is 0 Å². The van der Waals surface area contributed by atoms with Crippen molar-refractivity contribution in [2.45, 2.75) is 0 Å². The topological polar surface area (TPSA) is 27.6 Å². The van der Waals surface area contributed by atoms with Crippen molar-refractivity contribution in [2.75, 3.05) is 0 Å². The van der Waals surface area contributed by atoms with E-state index in [0.29, 0.717) is 0 Å². The summed E-state index contributed by atoms with van der Waals surface area (Å²) in [6, 6.07) is 0. The van der Waals surface area contributed by atoms with Crippen LogP contribution in [0.3, 0.4) is 0 Å². The minimum atomic E-state index is 1.11. The molecule has 0 radical (unpaired) electrons. The van der Waals surface area contributed by atoms with E-state index in [0.717, 1.165) is 5.70 Å². The van der Waals surface area contributed by atoms with E-state index >= 15 is 0 Å². The van der Waals surface area contributed by atoms with Crippen LogP contribution in [0.1, 0.15) is 0 Å². The summed E-state index contributed by atoms with van der Waals surface area (Å²) in [4.78, 5) is 5.90. The highest BCUT2D eigenvalue weighted by Crippen LogP contribution is 2.10. The molecule has 0 bridgehead atoms. The first-order valence-corrected chi connectivity index (χ1v) is 3.08. The zero-order chi connectivity index (χ0) is 6.81. The molecule has 0 saturated carbocycles. The Bertz CT molecular complexity index is 248. The monoisotopic (exact) mass is 133 g/mol. The molecule has 0 aliphatic carbocycles. The SMILES string of the molecule is C1=CC2=CNC=CN2C=N1. The Labute approximate surface area is 59.1 Å². The lowest BCUT2D eigenvalue weighted by molar-refractivity contribution is 0.694. The van der Waals surface area contributed by atoms with Gasteiger partial charge < -0.3 is 10.2 Å². The van der Waals surface area contributed by atoms with Crippen molar-refractivity contribution in [1.82, 2.24) is 10.2 Å². The lowest BCUT2D eigenvalue weighted by Crippen LogP contribution is -2.21. The molecule has 2 rings (SSSR count). The number of nitrogens with one attached hydrogen (secondary N) is 1. The van der Waals surface area contributed by atoms with Gasteiger partial charge in [0.2, 0.25) is 0 Å². The summed E-state index contributed by atoms with van der Waals surface area (Å²) < 4.78 is 0. The first-order chi connectivity index (χ1) is 4.97. The number of hydrogen-bond donors (Lipinski definition) is 1. The number of nitrogens with zero attached hydrogens (tertiary/aromatic N) is 2. The normalized spacial score (nSPS) is 20.0. The Hall–Kier alpha value is -1.51. The highest BCUT2D eigenvalue weighted by molar-refractivity contribution is 5.64. The molecule has 0 spiro atoms. The maximum absolute atomic E-state index is 3.96. The van der Waals surface area contributed by atoms with Crippen molar-refractivity contribution in [3.8, 4) is 0 Å². The first-order valence-electron chi connectivity index (χ1n) is 3.08. The van der Waals surface area contributed by atoms with Gasteiger partial charge in [0.1, 0.15) is 0 Å². The summed E-state index contributed by atoms with van der Waals surface area (Å²) in [7, 11) is 0. The molecule has 3 nitrogen and oxygen atoms in total. The van der Waals surface area contributed by atoms with Gasteiger partial charge in [0, 0.05) is 24.8 Å². The molecule has 0 aromatic heterocycles. The van der Waals surface area contributed by atoms with Crippen molar-refractivity contribution >= 4 is 6.34 Å². The largest absolute Gasteiger partial charge is 0.365 e. The number of fused-ring (bicyclic) bond motifs is 1. The molecule has 2 heterocycles. The number of hydrogen-bond acceptors (Lipinski definition) is 3. The minimum absolute atomic E-state index is 1.11. The van der Waals surface area contributed by atoms with Gasteiger partial charge in [0.15, 0.2) is 0 Å². The molecule has 0 unspecified atom stereocenters. The fraction of sp³-hybridized carbons (Fsp3) is 0. The van der Waals surface area contributed by atoms with Crippen molar-refractivity contribution in [1.29, 1.82) is 0 Å². The van der Waals surface area contributed by atoms with Gasteiger partial charge in [0.25, 0.3) is 0 Å². The summed E-state index contributed by atoms with van der Waals surface area (Å²) >= 11 is 0. The summed E-state index contributed by atoms with van der Waals surface area (Å²) in [5.41, 5.74) is 1.11. The molecule has 0 aromatic rings. The molecule has 0 atom stereocenters. The third-order valence-corrected chi connectivity index (χ3v) is 1.38. The summed E-state index contributed by atoms with van der Waals surface area (Å²) in [5.74, 6) is 0. The third kappa shape index (κ3) is 0.719. The predicted molar refractivity (Wildman–Crippen MR) is 39.8 cm³/mol. The van der Waals surface area contributed by atoms with Crippen molar-refractivity contribution in [3.63, 3.8) is 0 Å². The molecule has 2 aliphatic heterocycles. The maximum atomic E-state index is 3.96. The van der Waals surface area contributed by atoms with Gasteiger partial charge in [-0.15, -0.1) is 0 Å². The van der Waals surface area contributed by atoms with Crippen molar-refractivity contribution in [2.24, 2.45) is 4.99 Å². The Balaban J connectivity index is 2.33. The van der Waals surface area contributed by atoms with Crippen LogP contribution in [0.5, 0.6) is 0 Å². The smallest absolute Gasteiger partial charge is 0.0991 e. The zero-order valence-electron chi connectivity index (χ0n) is 5.36. The van der Waals surface area contributed by atoms with E-state index in [1.54, 1.807) is 12.5 Å². The quantitative estimate of drug-likeness (QED) is 0.528. The summed E-state index contributed by atoms with van der Waals surface area (Å²) in [6.07, 6.45) is 11.2. The highest BCUT2D eigenvalue weighted by atomic mass is 15.2. The Kier molecular flexibility index (Phi) is 1.07. The average molecular weight is 133 g/mol. The number of rotatable bonds is 0. The van der Waals surface area contributed by atoms with E-state index in [1.165, 1.54) is 0 Å². The van der Waals surface area contributed by atoms with Gasteiger partial charge in [-0.05, 0) is 6.08 Å². The third-order valence-electron chi connectivity index (χ3n) is 1.38. The van der Waals surface area contributed by atoms with Crippen LogP contribution in [0.2, 0.25) is 0 Å². The molecule has 3 heteroatoms.